The number of halogens is 1. The highest BCUT2D eigenvalue weighted by Gasteiger charge is 2.41. The van der Waals surface area contributed by atoms with E-state index in [2.05, 4.69) is 37.3 Å². The van der Waals surface area contributed by atoms with Gasteiger partial charge < -0.3 is 10.2 Å². The molecular formula is C16H27ClN2S. The third kappa shape index (κ3) is 3.38. The highest BCUT2D eigenvalue weighted by molar-refractivity contribution is 7.16. The Morgan fingerprint density at radius 2 is 1.90 bits per heavy atom. The molecule has 2 rings (SSSR count). The molecule has 0 bridgehead atoms. The molecule has 4 heteroatoms. The molecule has 1 fully saturated rings. The van der Waals surface area contributed by atoms with Crippen molar-refractivity contribution in [3.05, 3.63) is 21.3 Å². The molecule has 1 atom stereocenters. The van der Waals surface area contributed by atoms with Crippen LogP contribution in [0.1, 0.15) is 56.4 Å². The van der Waals surface area contributed by atoms with Crippen molar-refractivity contribution >= 4 is 22.9 Å². The van der Waals surface area contributed by atoms with E-state index < -0.39 is 0 Å². The highest BCUT2D eigenvalue weighted by Crippen LogP contribution is 2.43. The Morgan fingerprint density at radius 1 is 1.25 bits per heavy atom. The van der Waals surface area contributed by atoms with Crippen LogP contribution in [0.25, 0.3) is 0 Å². The highest BCUT2D eigenvalue weighted by atomic mass is 35.5. The van der Waals surface area contributed by atoms with Gasteiger partial charge in [-0.25, -0.2) is 0 Å². The molecule has 0 amide bonds. The lowest BCUT2D eigenvalue weighted by atomic mass is 9.80. The van der Waals surface area contributed by atoms with E-state index in [1.165, 1.54) is 43.4 Å². The van der Waals surface area contributed by atoms with Crippen molar-refractivity contribution < 1.29 is 0 Å². The van der Waals surface area contributed by atoms with Crippen LogP contribution in [0.4, 0.5) is 0 Å². The van der Waals surface area contributed by atoms with Gasteiger partial charge in [0, 0.05) is 10.4 Å². The van der Waals surface area contributed by atoms with E-state index in [1.807, 2.05) is 6.07 Å². The van der Waals surface area contributed by atoms with E-state index in [0.29, 0.717) is 6.04 Å². The van der Waals surface area contributed by atoms with Gasteiger partial charge >= 0.3 is 0 Å². The standard InChI is InChI=1S/C16H27ClN2S/c1-4-18-15(13-9-10-14(17)20-13)16(19(2)3)11-7-5-6-8-12-16/h9-10,15,18H,4-8,11-12H2,1-3H3. The fourth-order valence-electron chi connectivity index (χ4n) is 3.58. The number of likely N-dealkylation sites (N-methyl/N-ethyl adjacent to an activating group) is 2. The van der Waals surface area contributed by atoms with Crippen LogP contribution in [-0.2, 0) is 0 Å². The van der Waals surface area contributed by atoms with Gasteiger partial charge in [-0.2, -0.15) is 0 Å². The summed E-state index contributed by atoms with van der Waals surface area (Å²) in [5.41, 5.74) is 0.223. The average Bonchev–Trinajstić information content (AvgIpc) is 2.70. The first kappa shape index (κ1) is 16.3. The number of thiophene rings is 1. The van der Waals surface area contributed by atoms with Crippen molar-refractivity contribution in [1.82, 2.24) is 10.2 Å². The summed E-state index contributed by atoms with van der Waals surface area (Å²) in [5.74, 6) is 0. The second kappa shape index (κ2) is 7.26. The van der Waals surface area contributed by atoms with Gasteiger partial charge in [-0.3, -0.25) is 0 Å². The van der Waals surface area contributed by atoms with Gasteiger partial charge in [0.05, 0.1) is 10.4 Å². The lowest BCUT2D eigenvalue weighted by Gasteiger charge is -2.46. The molecule has 0 spiro atoms. The van der Waals surface area contributed by atoms with Gasteiger partial charge in [0.2, 0.25) is 0 Å². The minimum atomic E-state index is 0.223. The van der Waals surface area contributed by atoms with Gasteiger partial charge in [-0.15, -0.1) is 11.3 Å². The van der Waals surface area contributed by atoms with E-state index in [9.17, 15) is 0 Å². The molecule has 0 aromatic carbocycles. The first-order valence-electron chi connectivity index (χ1n) is 7.76. The van der Waals surface area contributed by atoms with Crippen molar-refractivity contribution in [1.29, 1.82) is 0 Å². The zero-order valence-corrected chi connectivity index (χ0v) is 14.5. The van der Waals surface area contributed by atoms with Crippen molar-refractivity contribution in [3.63, 3.8) is 0 Å². The van der Waals surface area contributed by atoms with E-state index in [1.54, 1.807) is 11.3 Å². The van der Waals surface area contributed by atoms with Crippen molar-refractivity contribution in [2.24, 2.45) is 0 Å². The predicted molar refractivity (Wildman–Crippen MR) is 89.9 cm³/mol. The van der Waals surface area contributed by atoms with Crippen LogP contribution in [-0.4, -0.2) is 31.1 Å². The molecule has 1 aromatic heterocycles. The summed E-state index contributed by atoms with van der Waals surface area (Å²) >= 11 is 7.91. The number of rotatable bonds is 5. The number of hydrogen-bond acceptors (Lipinski definition) is 3. The quantitative estimate of drug-likeness (QED) is 0.792. The SMILES string of the molecule is CCNC(c1ccc(Cl)s1)C1(N(C)C)CCCCCC1. The molecule has 0 aliphatic heterocycles. The normalized spacial score (nSPS) is 20.9. The summed E-state index contributed by atoms with van der Waals surface area (Å²) in [6.07, 6.45) is 7.96. The lowest BCUT2D eigenvalue weighted by Crippen LogP contribution is -2.53. The monoisotopic (exact) mass is 314 g/mol. The van der Waals surface area contributed by atoms with Crippen LogP contribution >= 0.6 is 22.9 Å². The van der Waals surface area contributed by atoms with E-state index in [0.717, 1.165) is 10.9 Å². The Morgan fingerprint density at radius 3 is 2.35 bits per heavy atom. The smallest absolute Gasteiger partial charge is 0.0931 e. The largest absolute Gasteiger partial charge is 0.308 e. The molecule has 1 unspecified atom stereocenters. The van der Waals surface area contributed by atoms with Crippen LogP contribution < -0.4 is 5.32 Å². The van der Waals surface area contributed by atoms with Crippen LogP contribution in [0.2, 0.25) is 4.34 Å². The van der Waals surface area contributed by atoms with Gasteiger partial charge in [0.25, 0.3) is 0 Å². The Balaban J connectivity index is 2.35. The van der Waals surface area contributed by atoms with E-state index in [4.69, 9.17) is 11.6 Å². The van der Waals surface area contributed by atoms with Crippen LogP contribution in [0.5, 0.6) is 0 Å². The Kier molecular flexibility index (Phi) is 5.91. The van der Waals surface area contributed by atoms with Gasteiger partial charge in [-0.05, 0) is 45.6 Å². The summed E-state index contributed by atoms with van der Waals surface area (Å²) in [6, 6.07) is 4.63. The molecule has 1 N–H and O–H groups in total. The summed E-state index contributed by atoms with van der Waals surface area (Å²) in [7, 11) is 4.48. The maximum atomic E-state index is 6.18. The second-order valence-electron chi connectivity index (χ2n) is 6.04. The molecule has 1 aliphatic carbocycles. The summed E-state index contributed by atoms with van der Waals surface area (Å²) < 4.78 is 0.894. The van der Waals surface area contributed by atoms with Crippen molar-refractivity contribution in [2.75, 3.05) is 20.6 Å². The minimum Gasteiger partial charge on any atom is -0.308 e. The topological polar surface area (TPSA) is 15.3 Å². The molecule has 114 valence electrons. The zero-order valence-electron chi connectivity index (χ0n) is 12.9. The average molecular weight is 315 g/mol. The van der Waals surface area contributed by atoms with E-state index >= 15 is 0 Å². The summed E-state index contributed by atoms with van der Waals surface area (Å²) in [5, 5.41) is 3.74. The number of hydrogen-bond donors (Lipinski definition) is 1. The van der Waals surface area contributed by atoms with Gasteiger partial charge in [-0.1, -0.05) is 44.2 Å². The first-order valence-corrected chi connectivity index (χ1v) is 8.95. The van der Waals surface area contributed by atoms with Crippen molar-refractivity contribution in [2.45, 2.75) is 57.0 Å². The summed E-state index contributed by atoms with van der Waals surface area (Å²) in [6.45, 7) is 3.19. The Labute approximate surface area is 132 Å². The van der Waals surface area contributed by atoms with Crippen LogP contribution in [0.15, 0.2) is 12.1 Å². The molecule has 20 heavy (non-hydrogen) atoms. The fraction of sp³-hybridized carbons (Fsp3) is 0.750. The molecule has 1 heterocycles. The molecule has 0 saturated heterocycles. The molecule has 0 radical (unpaired) electrons. The maximum absolute atomic E-state index is 6.18. The molecule has 1 aliphatic rings. The first-order chi connectivity index (χ1) is 9.60. The van der Waals surface area contributed by atoms with Crippen LogP contribution in [0, 0.1) is 0 Å². The molecule has 2 nitrogen and oxygen atoms in total. The number of nitrogens with one attached hydrogen (secondary N) is 1. The van der Waals surface area contributed by atoms with Gasteiger partial charge in [0.1, 0.15) is 0 Å². The number of nitrogens with zero attached hydrogens (tertiary/aromatic N) is 1. The Hall–Kier alpha value is -0.0900. The molecular weight excluding hydrogens is 288 g/mol. The minimum absolute atomic E-state index is 0.223. The lowest BCUT2D eigenvalue weighted by molar-refractivity contribution is 0.0822. The second-order valence-corrected chi connectivity index (χ2v) is 7.79. The third-order valence-electron chi connectivity index (χ3n) is 4.68. The Bertz CT molecular complexity index is 408. The maximum Gasteiger partial charge on any atom is 0.0931 e. The van der Waals surface area contributed by atoms with Crippen LogP contribution in [0.3, 0.4) is 0 Å². The van der Waals surface area contributed by atoms with E-state index in [-0.39, 0.29) is 5.54 Å². The molecule has 1 aromatic rings. The molecule has 1 saturated carbocycles. The van der Waals surface area contributed by atoms with Crippen molar-refractivity contribution in [3.8, 4) is 0 Å². The summed E-state index contributed by atoms with van der Waals surface area (Å²) in [4.78, 5) is 3.84. The zero-order chi connectivity index (χ0) is 14.6. The third-order valence-corrected chi connectivity index (χ3v) is 5.98. The predicted octanol–water partition coefficient (Wildman–Crippen LogP) is 4.71. The van der Waals surface area contributed by atoms with Gasteiger partial charge in [0.15, 0.2) is 0 Å². The fourth-order valence-corrected chi connectivity index (χ4v) is 4.83.